The molecule has 0 aromatic heterocycles. The number of hydrogen-bond acceptors (Lipinski definition) is 29. The van der Waals surface area contributed by atoms with Gasteiger partial charge >= 0.3 is 0 Å². The van der Waals surface area contributed by atoms with Gasteiger partial charge in [0.05, 0.1) is 120 Å². The molecule has 39 nitrogen and oxygen atoms in total. The molecule has 0 aliphatic rings. The summed E-state index contributed by atoms with van der Waals surface area (Å²) < 4.78 is 254. The van der Waals surface area contributed by atoms with Gasteiger partial charge in [-0.1, -0.05) is 21.3 Å². The summed E-state index contributed by atoms with van der Waals surface area (Å²) in [5, 5.41) is 50.9. The van der Waals surface area contributed by atoms with Gasteiger partial charge in [-0.05, 0) is 186 Å². The Morgan fingerprint density at radius 3 is 0.434 bits per heavy atom. The van der Waals surface area contributed by atoms with Crippen LogP contribution in [0, 0.1) is 5.92 Å². The molecule has 0 aliphatic heterocycles. The largest absolute Gasteiger partial charge is 0.392 e. The molecule has 0 saturated heterocycles. The average Bonchev–Trinajstić information content (AvgIpc) is 0.898. The van der Waals surface area contributed by atoms with Crippen LogP contribution in [0.25, 0.3) is 0 Å². The minimum Gasteiger partial charge on any atom is -0.392 e. The highest BCUT2D eigenvalue weighted by atomic mass is 32.2. The summed E-state index contributed by atoms with van der Waals surface area (Å²) in [5.41, 5.74) is 0. The summed E-state index contributed by atoms with van der Waals surface area (Å²) >= 11 is 0. The SMILES string of the molecule is C.CC(C)O[C@@H](C)[C@H](C)S(N)(=O)=O.CC(C)O[C@H](C)[C@H](C)S(N)(=O)=O.CC(C)[C@H](C)S(N)(=O)=O.CCO[C@@H](C)[C@H](C)S(N)(=O)=O.CCO[C@H](C)[C@@H](C)S(N)(=O)=O.CCO[C@H](C)[C@H](C)S(N)(=O)=O.CO[C@@H](C)[C@@H](C)S(N)(=O)=O.CO[C@H](C)[C@@H](C)S(N)(=O)=O.CO[C@H](C)[C@H](C)S(N)(=O)=O.C[C@@H](O)[C@H](C)S(N)(=O)=O. The lowest BCUT2D eigenvalue weighted by Gasteiger charge is -2.20. The van der Waals surface area contributed by atoms with Crippen molar-refractivity contribution in [2.45, 2.75) is 321 Å². The van der Waals surface area contributed by atoms with Crippen LogP contribution in [-0.2, 0) is 138 Å². The van der Waals surface area contributed by atoms with Crippen LogP contribution < -0.4 is 51.4 Å². The lowest BCUT2D eigenvalue weighted by Crippen LogP contribution is -2.37. The van der Waals surface area contributed by atoms with E-state index in [4.69, 9.17) is 94.4 Å². The number of rotatable bonds is 33. The number of hydrogen-bond donors (Lipinski definition) is 11. The number of primary sulfonamides is 10. The van der Waals surface area contributed by atoms with Gasteiger partial charge in [-0.15, -0.1) is 0 Å². The van der Waals surface area contributed by atoms with Gasteiger partial charge in [-0.3, -0.25) is 0 Å². The Labute approximate surface area is 642 Å². The lowest BCUT2D eigenvalue weighted by molar-refractivity contribution is 0.0187. The Hall–Kier alpha value is -1.26. The first-order valence-corrected chi connectivity index (χ1v) is 48.7. The predicted molar refractivity (Wildman–Crippen MR) is 423 cm³/mol. The van der Waals surface area contributed by atoms with E-state index in [0.717, 1.165) is 0 Å². The first kappa shape index (κ1) is 128. The smallest absolute Gasteiger partial charge is 0.214 e. The maximum absolute atomic E-state index is 10.9. The highest BCUT2D eigenvalue weighted by molar-refractivity contribution is 7.92. The minimum absolute atomic E-state index is 0. The van der Waals surface area contributed by atoms with Gasteiger partial charge in [0, 0.05) is 41.2 Å². The Bertz CT molecular complexity index is 3150. The molecule has 658 valence electrons. The molecule has 0 unspecified atom stereocenters. The Morgan fingerprint density at radius 1 is 0.236 bits per heavy atom. The third-order valence-electron chi connectivity index (χ3n) is 15.5. The van der Waals surface area contributed by atoms with Crippen LogP contribution in [0.15, 0.2) is 0 Å². The minimum atomic E-state index is -3.55. The second-order valence-corrected chi connectivity index (χ2v) is 44.2. The fraction of sp³-hybridized carbons (Fsp3) is 1.00. The Balaban J connectivity index is -0.000000105. The van der Waals surface area contributed by atoms with Crippen molar-refractivity contribution in [1.82, 2.24) is 0 Å². The Kier molecular flexibility index (Phi) is 71.9. The van der Waals surface area contributed by atoms with Gasteiger partial charge in [0.1, 0.15) is 0 Å². The molecule has 0 aliphatic carbocycles. The third-order valence-corrected chi connectivity index (χ3v) is 29.8. The topological polar surface area (TPSA) is 696 Å². The summed E-state index contributed by atoms with van der Waals surface area (Å²) in [7, 11) is -30.1. The molecular formula is C57H146N10O29S10. The van der Waals surface area contributed by atoms with E-state index in [1.54, 1.807) is 76.2 Å². The van der Waals surface area contributed by atoms with E-state index < -0.39 is 159 Å². The van der Waals surface area contributed by atoms with Crippen molar-refractivity contribution < 1.29 is 127 Å². The molecule has 49 heteroatoms. The van der Waals surface area contributed by atoms with Crippen molar-refractivity contribution >= 4 is 100 Å². The third kappa shape index (κ3) is 71.8. The van der Waals surface area contributed by atoms with Gasteiger partial charge in [0.2, 0.25) is 100 Å². The molecule has 0 amide bonds. The highest BCUT2D eigenvalue weighted by Gasteiger charge is 2.29. The number of methoxy groups -OCH3 is 3. The van der Waals surface area contributed by atoms with E-state index in [0.29, 0.717) is 19.8 Å². The van der Waals surface area contributed by atoms with Crippen molar-refractivity contribution in [2.75, 3.05) is 41.2 Å². The molecule has 0 heterocycles. The van der Waals surface area contributed by atoms with Crippen molar-refractivity contribution in [3.05, 3.63) is 0 Å². The van der Waals surface area contributed by atoms with Crippen LogP contribution in [0.2, 0.25) is 0 Å². The van der Waals surface area contributed by atoms with Crippen molar-refractivity contribution in [3.63, 3.8) is 0 Å². The lowest BCUT2D eigenvalue weighted by atomic mass is 10.2. The molecule has 0 fully saturated rings. The van der Waals surface area contributed by atoms with Crippen molar-refractivity contribution in [2.24, 2.45) is 57.3 Å². The van der Waals surface area contributed by atoms with Crippen LogP contribution >= 0.6 is 0 Å². The number of aliphatic hydroxyl groups excluding tert-OH is 1. The maximum Gasteiger partial charge on any atom is 0.214 e. The van der Waals surface area contributed by atoms with Gasteiger partial charge < -0.3 is 43.0 Å². The Morgan fingerprint density at radius 2 is 0.368 bits per heavy atom. The molecule has 0 spiro atoms. The standard InChI is InChI=1S/2C7H17NO3S.3C6H15NO3S.3C5H13NO3S.C5H13NO2S.C4H11NO3S.CH4/c2*1-5(2)11-6(3)7(4)12(8,9)10;3*1-4-10-5(2)6(3)11(7,8)9;3*1-4(9-3)5(2)10(6,7)8;1-4(2)5(3)9(6,7)8;1-3(6)4(2)9(5,7)8;/h2*5-7H,1-4H3,(H2,8,9,10);3*5-6H,4H2,1-3H3,(H2,7,8,9);3*4-5H,1-3H3,(H2,6,7,8);4-5H,1-3H3,(H2,6,7,8);3-4,6H,1-2H3,(H2,5,7,8);1H4/t6-,7+;6-,7-;5-,6+;2*5-,6-;2*4-,5+;4-,5-;5-;3-,4+;/m1011010101./s1. The molecule has 19 atom stereocenters. The zero-order valence-corrected chi connectivity index (χ0v) is 75.7. The van der Waals surface area contributed by atoms with E-state index in [1.165, 1.54) is 76.7 Å². The van der Waals surface area contributed by atoms with Crippen LogP contribution in [0.3, 0.4) is 0 Å². The fourth-order valence-corrected chi connectivity index (χ4v) is 11.9. The first-order valence-electron chi connectivity index (χ1n) is 32.6. The zero-order valence-electron chi connectivity index (χ0n) is 67.6. The normalized spacial score (nSPS) is 17.8. The van der Waals surface area contributed by atoms with E-state index in [1.807, 2.05) is 62.3 Å². The average molecular weight is 1760 g/mol. The molecule has 0 aromatic rings. The molecule has 106 heavy (non-hydrogen) atoms. The monoisotopic (exact) mass is 1750 g/mol. The summed E-state index contributed by atoms with van der Waals surface area (Å²) in [6.07, 6.45) is -3.66. The van der Waals surface area contributed by atoms with Crippen molar-refractivity contribution in [1.29, 1.82) is 0 Å². The van der Waals surface area contributed by atoms with Crippen LogP contribution in [0.5, 0.6) is 0 Å². The molecule has 0 radical (unpaired) electrons. The van der Waals surface area contributed by atoms with Gasteiger partial charge in [0.25, 0.3) is 0 Å². The number of ether oxygens (including phenoxy) is 8. The number of nitrogens with two attached hydrogens (primary N) is 10. The van der Waals surface area contributed by atoms with E-state index in [2.05, 4.69) is 0 Å². The summed E-state index contributed by atoms with van der Waals surface area (Å²) in [6, 6.07) is 0. The zero-order chi connectivity index (χ0) is 87.5. The molecule has 21 N–H and O–H groups in total. The quantitative estimate of drug-likeness (QED) is 0.0421. The first-order chi connectivity index (χ1) is 46.1. The van der Waals surface area contributed by atoms with E-state index >= 15 is 0 Å². The molecule has 0 bridgehead atoms. The molecular weight excluding hydrogens is 1610 g/mol. The fourth-order valence-electron chi connectivity index (χ4n) is 5.64. The van der Waals surface area contributed by atoms with E-state index in [-0.39, 0.29) is 74.4 Å². The maximum atomic E-state index is 10.9. The highest BCUT2D eigenvalue weighted by Crippen LogP contribution is 2.12. The van der Waals surface area contributed by atoms with E-state index in [9.17, 15) is 84.2 Å². The summed E-state index contributed by atoms with van der Waals surface area (Å²) in [6.45, 7) is 48.1. The van der Waals surface area contributed by atoms with Gasteiger partial charge in [-0.25, -0.2) is 136 Å². The molecule has 0 rings (SSSR count). The van der Waals surface area contributed by atoms with Crippen LogP contribution in [0.1, 0.15) is 201 Å². The van der Waals surface area contributed by atoms with Gasteiger partial charge in [0.15, 0.2) is 0 Å². The second-order valence-electron chi connectivity index (χ2n) is 25.0. The van der Waals surface area contributed by atoms with Crippen LogP contribution in [-0.4, -0.2) is 250 Å². The number of aliphatic hydroxyl groups is 1. The summed E-state index contributed by atoms with van der Waals surface area (Å²) in [5.74, 6) is 0.0972. The van der Waals surface area contributed by atoms with Crippen molar-refractivity contribution in [3.8, 4) is 0 Å². The van der Waals surface area contributed by atoms with Crippen LogP contribution in [0.4, 0.5) is 0 Å². The number of sulfonamides is 10. The molecule has 0 aromatic carbocycles. The van der Waals surface area contributed by atoms with Gasteiger partial charge in [-0.2, -0.15) is 0 Å². The second kappa shape index (κ2) is 59.4. The summed E-state index contributed by atoms with van der Waals surface area (Å²) in [4.78, 5) is 0. The predicted octanol–water partition coefficient (Wildman–Crippen LogP) is 0.314. The molecule has 0 saturated carbocycles.